The zero-order valence-electron chi connectivity index (χ0n) is 14.6. The highest BCUT2D eigenvalue weighted by atomic mass is 35.5. The zero-order valence-corrected chi connectivity index (χ0v) is 16.2. The van der Waals surface area contributed by atoms with Gasteiger partial charge in [0.2, 0.25) is 11.8 Å². The number of amides is 2. The van der Waals surface area contributed by atoms with E-state index in [0.717, 1.165) is 11.1 Å². The molecule has 0 saturated carbocycles. The number of rotatable bonds is 6. The lowest BCUT2D eigenvalue weighted by molar-refractivity contribution is -0.120. The first-order valence-corrected chi connectivity index (χ1v) is 9.61. The second-order valence-electron chi connectivity index (χ2n) is 5.93. The van der Waals surface area contributed by atoms with Crippen molar-refractivity contribution in [1.82, 2.24) is 10.3 Å². The summed E-state index contributed by atoms with van der Waals surface area (Å²) < 4.78 is 0. The lowest BCUT2D eigenvalue weighted by Gasteiger charge is -2.17. The van der Waals surface area contributed by atoms with Crippen LogP contribution in [0.5, 0.6) is 0 Å². The molecule has 2 amide bonds. The number of thiazole rings is 1. The van der Waals surface area contributed by atoms with E-state index < -0.39 is 6.04 Å². The molecule has 0 unspecified atom stereocenters. The molecular weight excluding hydrogens is 382 g/mol. The summed E-state index contributed by atoms with van der Waals surface area (Å²) in [7, 11) is 0. The van der Waals surface area contributed by atoms with Crippen molar-refractivity contribution in [2.75, 3.05) is 5.32 Å². The highest BCUT2D eigenvalue weighted by Gasteiger charge is 2.18. The average molecular weight is 400 g/mol. The van der Waals surface area contributed by atoms with Crippen LogP contribution in [-0.2, 0) is 9.59 Å². The molecule has 0 fully saturated rings. The quantitative estimate of drug-likeness (QED) is 0.632. The summed E-state index contributed by atoms with van der Waals surface area (Å²) in [6.07, 6.45) is 0.116. The van der Waals surface area contributed by atoms with Gasteiger partial charge in [-0.2, -0.15) is 0 Å². The van der Waals surface area contributed by atoms with Crippen molar-refractivity contribution in [2.45, 2.75) is 19.4 Å². The molecule has 0 saturated heterocycles. The van der Waals surface area contributed by atoms with E-state index in [9.17, 15) is 9.59 Å². The molecule has 1 aromatic heterocycles. The molecule has 0 aliphatic carbocycles. The minimum atomic E-state index is -0.397. The Morgan fingerprint density at radius 1 is 1.11 bits per heavy atom. The molecular formula is C20H18ClN3O2S. The van der Waals surface area contributed by atoms with Crippen LogP contribution in [0, 0.1) is 0 Å². The maximum Gasteiger partial charge on any atom is 0.228 e. The third-order valence-corrected chi connectivity index (χ3v) is 4.96. The zero-order chi connectivity index (χ0) is 19.2. The fraction of sp³-hybridized carbons (Fsp3) is 0.150. The topological polar surface area (TPSA) is 71.1 Å². The van der Waals surface area contributed by atoms with Gasteiger partial charge in [-0.1, -0.05) is 60.1 Å². The summed E-state index contributed by atoms with van der Waals surface area (Å²) in [5.41, 5.74) is 2.40. The van der Waals surface area contributed by atoms with Gasteiger partial charge < -0.3 is 10.6 Å². The van der Waals surface area contributed by atoms with E-state index in [1.165, 1.54) is 18.3 Å². The van der Waals surface area contributed by atoms with Gasteiger partial charge in [-0.05, 0) is 11.6 Å². The van der Waals surface area contributed by atoms with Gasteiger partial charge >= 0.3 is 0 Å². The number of hydrogen-bond donors (Lipinski definition) is 2. The third kappa shape index (κ3) is 5.15. The van der Waals surface area contributed by atoms with Crippen molar-refractivity contribution in [3.63, 3.8) is 0 Å². The minimum absolute atomic E-state index is 0.116. The highest BCUT2D eigenvalue weighted by Crippen LogP contribution is 2.30. The number of halogens is 1. The number of nitrogens with one attached hydrogen (secondary N) is 2. The molecule has 1 heterocycles. The first-order chi connectivity index (χ1) is 13.0. The first kappa shape index (κ1) is 19.1. The van der Waals surface area contributed by atoms with Crippen LogP contribution in [0.3, 0.4) is 0 Å². The molecule has 27 heavy (non-hydrogen) atoms. The van der Waals surface area contributed by atoms with Crippen LogP contribution < -0.4 is 10.6 Å². The maximum atomic E-state index is 12.5. The minimum Gasteiger partial charge on any atom is -0.349 e. The molecule has 138 valence electrons. The Balaban J connectivity index is 1.69. The molecule has 7 heteroatoms. The van der Waals surface area contributed by atoms with Gasteiger partial charge in [-0.25, -0.2) is 4.98 Å². The molecule has 0 spiro atoms. The predicted octanol–water partition coefficient (Wildman–Crippen LogP) is 4.67. The van der Waals surface area contributed by atoms with Crippen molar-refractivity contribution < 1.29 is 9.59 Å². The van der Waals surface area contributed by atoms with Gasteiger partial charge in [0.1, 0.15) is 0 Å². The van der Waals surface area contributed by atoms with Crippen LogP contribution in [0.25, 0.3) is 11.3 Å². The number of nitrogens with zero attached hydrogens (tertiary/aromatic N) is 1. The van der Waals surface area contributed by atoms with Crippen LogP contribution >= 0.6 is 22.9 Å². The Hall–Kier alpha value is -2.70. The van der Waals surface area contributed by atoms with Gasteiger partial charge in [-0.15, -0.1) is 11.3 Å². The normalized spacial score (nSPS) is 11.6. The summed E-state index contributed by atoms with van der Waals surface area (Å²) in [5, 5.41) is 8.56. The van der Waals surface area contributed by atoms with Crippen molar-refractivity contribution in [3.8, 4) is 11.3 Å². The van der Waals surface area contributed by atoms with Crippen LogP contribution in [0.15, 0.2) is 60.0 Å². The molecule has 0 aliphatic heterocycles. The van der Waals surface area contributed by atoms with E-state index in [1.54, 1.807) is 6.07 Å². The highest BCUT2D eigenvalue weighted by molar-refractivity contribution is 7.14. The van der Waals surface area contributed by atoms with E-state index in [1.807, 2.05) is 53.9 Å². The van der Waals surface area contributed by atoms with Crippen molar-refractivity contribution in [1.29, 1.82) is 0 Å². The first-order valence-electron chi connectivity index (χ1n) is 8.35. The van der Waals surface area contributed by atoms with Crippen LogP contribution in [0.4, 0.5) is 5.13 Å². The molecule has 3 rings (SSSR count). The smallest absolute Gasteiger partial charge is 0.228 e. The summed E-state index contributed by atoms with van der Waals surface area (Å²) in [6, 6.07) is 16.4. The number of aromatic nitrogens is 1. The standard InChI is InChI=1S/C20H18ClN3O2S/c1-13(25)22-17(14-7-3-2-4-8-14)11-19(26)24-20-23-18(12-27-20)15-9-5-6-10-16(15)21/h2-10,12,17H,11H2,1H3,(H,22,25)(H,23,24,26)/t17-/m1/s1. The molecule has 0 aliphatic rings. The molecule has 1 atom stereocenters. The number of benzene rings is 2. The Morgan fingerprint density at radius 3 is 2.52 bits per heavy atom. The Labute approximate surface area is 166 Å². The number of hydrogen-bond acceptors (Lipinski definition) is 4. The van der Waals surface area contributed by atoms with Gasteiger partial charge in [-0.3, -0.25) is 9.59 Å². The van der Waals surface area contributed by atoms with Gasteiger partial charge in [0, 0.05) is 22.9 Å². The lowest BCUT2D eigenvalue weighted by atomic mass is 10.0. The monoisotopic (exact) mass is 399 g/mol. The van der Waals surface area contributed by atoms with E-state index in [0.29, 0.717) is 15.8 Å². The fourth-order valence-electron chi connectivity index (χ4n) is 2.66. The second kappa shape index (κ2) is 8.79. The second-order valence-corrected chi connectivity index (χ2v) is 7.20. The van der Waals surface area contributed by atoms with Gasteiger partial charge in [0.25, 0.3) is 0 Å². The predicted molar refractivity (Wildman–Crippen MR) is 109 cm³/mol. The molecule has 3 aromatic rings. The average Bonchev–Trinajstić information content (AvgIpc) is 3.10. The van der Waals surface area contributed by atoms with Crippen LogP contribution in [-0.4, -0.2) is 16.8 Å². The van der Waals surface area contributed by atoms with Crippen LogP contribution in [0.2, 0.25) is 5.02 Å². The largest absolute Gasteiger partial charge is 0.349 e. The van der Waals surface area contributed by atoms with E-state index in [-0.39, 0.29) is 18.2 Å². The van der Waals surface area contributed by atoms with Gasteiger partial charge in [0.05, 0.1) is 18.2 Å². The van der Waals surface area contributed by atoms with Crippen molar-refractivity contribution in [2.24, 2.45) is 0 Å². The number of carbonyl (C=O) groups is 2. The van der Waals surface area contributed by atoms with E-state index in [4.69, 9.17) is 11.6 Å². The van der Waals surface area contributed by atoms with Crippen molar-refractivity contribution >= 4 is 39.9 Å². The van der Waals surface area contributed by atoms with E-state index >= 15 is 0 Å². The number of carbonyl (C=O) groups excluding carboxylic acids is 2. The molecule has 0 bridgehead atoms. The van der Waals surface area contributed by atoms with E-state index in [2.05, 4.69) is 15.6 Å². The Morgan fingerprint density at radius 2 is 1.81 bits per heavy atom. The summed E-state index contributed by atoms with van der Waals surface area (Å²) in [6.45, 7) is 1.44. The summed E-state index contributed by atoms with van der Waals surface area (Å²) in [5.74, 6) is -0.412. The fourth-order valence-corrected chi connectivity index (χ4v) is 3.62. The molecule has 2 aromatic carbocycles. The molecule has 0 radical (unpaired) electrons. The summed E-state index contributed by atoms with van der Waals surface area (Å²) in [4.78, 5) is 28.4. The Kier molecular flexibility index (Phi) is 6.21. The summed E-state index contributed by atoms with van der Waals surface area (Å²) >= 11 is 7.53. The lowest BCUT2D eigenvalue weighted by Crippen LogP contribution is -2.29. The third-order valence-electron chi connectivity index (χ3n) is 3.87. The molecule has 5 nitrogen and oxygen atoms in total. The number of anilines is 1. The van der Waals surface area contributed by atoms with Crippen molar-refractivity contribution in [3.05, 3.63) is 70.6 Å². The molecule has 2 N–H and O–H groups in total. The van der Waals surface area contributed by atoms with Crippen LogP contribution in [0.1, 0.15) is 24.9 Å². The SMILES string of the molecule is CC(=O)N[C@H](CC(=O)Nc1nc(-c2ccccc2Cl)cs1)c1ccccc1. The van der Waals surface area contributed by atoms with Gasteiger partial charge in [0.15, 0.2) is 5.13 Å². The maximum absolute atomic E-state index is 12.5. The Bertz CT molecular complexity index is 943.